The molecule has 0 radical (unpaired) electrons. The molecule has 1 N–H and O–H groups in total. The maximum Gasteiger partial charge on any atom is 0.253 e. The number of pyridine rings is 1. The molecule has 0 aromatic carbocycles. The fourth-order valence-electron chi connectivity index (χ4n) is 2.81. The lowest BCUT2D eigenvalue weighted by Gasteiger charge is -2.33. The Hall–Kier alpha value is -1.66. The number of morpholine rings is 1. The van der Waals surface area contributed by atoms with E-state index in [9.17, 15) is 9.59 Å². The summed E-state index contributed by atoms with van der Waals surface area (Å²) in [6, 6.07) is 3.52. The summed E-state index contributed by atoms with van der Waals surface area (Å²) in [5.74, 6) is 0.457. The van der Waals surface area contributed by atoms with Crippen molar-refractivity contribution in [1.29, 1.82) is 0 Å². The third kappa shape index (κ3) is 5.48. The molecule has 1 aromatic heterocycles. The summed E-state index contributed by atoms with van der Waals surface area (Å²) in [7, 11) is 0. The Kier molecular flexibility index (Phi) is 6.36. The van der Waals surface area contributed by atoms with Crippen LogP contribution in [-0.4, -0.2) is 54.3 Å². The molecule has 23 heavy (non-hydrogen) atoms. The molecular formula is C17H27N3O3. The first-order valence-corrected chi connectivity index (χ1v) is 8.22. The molecule has 6 heteroatoms. The van der Waals surface area contributed by atoms with E-state index in [1.807, 2.05) is 0 Å². The Morgan fingerprint density at radius 3 is 3.00 bits per heavy atom. The van der Waals surface area contributed by atoms with E-state index < -0.39 is 0 Å². The van der Waals surface area contributed by atoms with Crippen LogP contribution in [0.4, 0.5) is 0 Å². The second-order valence-corrected chi connectivity index (χ2v) is 6.57. The number of nitrogens with one attached hydrogen (secondary N) is 1. The molecule has 1 saturated heterocycles. The molecule has 6 nitrogen and oxygen atoms in total. The molecule has 1 unspecified atom stereocenters. The molecule has 0 aliphatic carbocycles. The molecule has 1 aromatic rings. The van der Waals surface area contributed by atoms with E-state index in [1.54, 1.807) is 25.3 Å². The molecule has 2 rings (SSSR count). The summed E-state index contributed by atoms with van der Waals surface area (Å²) in [6.07, 6.45) is 1.65. The number of aryl methyl sites for hydroxylation is 1. The Morgan fingerprint density at radius 2 is 2.26 bits per heavy atom. The fourth-order valence-corrected chi connectivity index (χ4v) is 2.81. The Morgan fingerprint density at radius 1 is 1.48 bits per heavy atom. The molecule has 1 amide bonds. The van der Waals surface area contributed by atoms with Gasteiger partial charge >= 0.3 is 0 Å². The lowest BCUT2D eigenvalue weighted by atomic mass is 10.2. The quantitative estimate of drug-likeness (QED) is 0.835. The van der Waals surface area contributed by atoms with Crippen molar-refractivity contribution in [2.75, 3.05) is 32.8 Å². The van der Waals surface area contributed by atoms with Gasteiger partial charge in [-0.3, -0.25) is 14.5 Å². The van der Waals surface area contributed by atoms with Gasteiger partial charge in [-0.05, 0) is 18.9 Å². The van der Waals surface area contributed by atoms with Crippen LogP contribution in [-0.2, 0) is 16.1 Å². The topological polar surface area (TPSA) is 63.6 Å². The summed E-state index contributed by atoms with van der Waals surface area (Å²) >= 11 is 0. The van der Waals surface area contributed by atoms with Gasteiger partial charge in [-0.15, -0.1) is 0 Å². The number of amides is 1. The summed E-state index contributed by atoms with van der Waals surface area (Å²) in [4.78, 5) is 26.3. The van der Waals surface area contributed by atoms with Crippen molar-refractivity contribution < 1.29 is 9.53 Å². The minimum absolute atomic E-state index is 0.0145. The second-order valence-electron chi connectivity index (χ2n) is 6.57. The first-order chi connectivity index (χ1) is 11.0. The van der Waals surface area contributed by atoms with Crippen LogP contribution in [0, 0.1) is 12.8 Å². The predicted octanol–water partition coefficient (Wildman–Crippen LogP) is 0.630. The predicted molar refractivity (Wildman–Crippen MR) is 89.5 cm³/mol. The SMILES string of the molecule is Cc1cccn(CC(=O)NCC2CN(CC(C)C)CCO2)c1=O. The minimum atomic E-state index is -0.165. The van der Waals surface area contributed by atoms with Crippen LogP contribution < -0.4 is 10.9 Å². The van der Waals surface area contributed by atoms with Crippen molar-refractivity contribution in [2.24, 2.45) is 5.92 Å². The number of carbonyl (C=O) groups is 1. The van der Waals surface area contributed by atoms with Gasteiger partial charge in [-0.25, -0.2) is 0 Å². The number of hydrogen-bond donors (Lipinski definition) is 1. The largest absolute Gasteiger partial charge is 0.374 e. The summed E-state index contributed by atoms with van der Waals surface area (Å²) in [5, 5.41) is 2.87. The standard InChI is InChI=1S/C17H27N3O3/c1-13(2)10-19-7-8-23-15(11-19)9-18-16(21)12-20-6-4-5-14(3)17(20)22/h4-6,13,15H,7-12H2,1-3H3,(H,18,21). The first kappa shape index (κ1) is 17.7. The molecule has 0 bridgehead atoms. The first-order valence-electron chi connectivity index (χ1n) is 8.22. The van der Waals surface area contributed by atoms with Crippen molar-refractivity contribution in [3.05, 3.63) is 34.2 Å². The van der Waals surface area contributed by atoms with Crippen LogP contribution >= 0.6 is 0 Å². The van der Waals surface area contributed by atoms with Gasteiger partial charge in [0.05, 0.1) is 12.7 Å². The average Bonchev–Trinajstić information content (AvgIpc) is 2.50. The molecule has 1 aliphatic rings. The zero-order valence-corrected chi connectivity index (χ0v) is 14.2. The Balaban J connectivity index is 1.80. The zero-order chi connectivity index (χ0) is 16.8. The van der Waals surface area contributed by atoms with E-state index in [1.165, 1.54) is 4.57 Å². The van der Waals surface area contributed by atoms with Crippen molar-refractivity contribution in [3.8, 4) is 0 Å². The number of ether oxygens (including phenoxy) is 1. The van der Waals surface area contributed by atoms with Gasteiger partial charge in [-0.1, -0.05) is 19.9 Å². The van der Waals surface area contributed by atoms with Gasteiger partial charge in [0.2, 0.25) is 5.91 Å². The average molecular weight is 321 g/mol. The highest BCUT2D eigenvalue weighted by molar-refractivity contribution is 5.75. The van der Waals surface area contributed by atoms with Crippen molar-refractivity contribution in [1.82, 2.24) is 14.8 Å². The van der Waals surface area contributed by atoms with Gasteiger partial charge in [0.1, 0.15) is 6.54 Å². The van der Waals surface area contributed by atoms with E-state index in [2.05, 4.69) is 24.1 Å². The van der Waals surface area contributed by atoms with Crippen LogP contribution in [0.15, 0.2) is 23.1 Å². The summed E-state index contributed by atoms with van der Waals surface area (Å²) in [5.41, 5.74) is 0.514. The molecule has 2 heterocycles. The second kappa shape index (κ2) is 8.26. The minimum Gasteiger partial charge on any atom is -0.374 e. The molecule has 0 saturated carbocycles. The maximum absolute atomic E-state index is 12.0. The number of carbonyl (C=O) groups excluding carboxylic acids is 1. The van der Waals surface area contributed by atoms with Crippen LogP contribution in [0.25, 0.3) is 0 Å². The summed E-state index contributed by atoms with van der Waals surface area (Å²) in [6.45, 7) is 10.2. The Labute approximate surface area is 137 Å². The number of aromatic nitrogens is 1. The van der Waals surface area contributed by atoms with Crippen LogP contribution in [0.2, 0.25) is 0 Å². The molecule has 1 fully saturated rings. The fraction of sp³-hybridized carbons (Fsp3) is 0.647. The molecule has 0 spiro atoms. The maximum atomic E-state index is 12.0. The zero-order valence-electron chi connectivity index (χ0n) is 14.2. The lowest BCUT2D eigenvalue weighted by Crippen LogP contribution is -2.48. The van der Waals surface area contributed by atoms with Crippen LogP contribution in [0.1, 0.15) is 19.4 Å². The molecule has 1 atom stereocenters. The van der Waals surface area contributed by atoms with Crippen LogP contribution in [0.5, 0.6) is 0 Å². The van der Waals surface area contributed by atoms with E-state index in [0.29, 0.717) is 24.6 Å². The number of rotatable bonds is 6. The van der Waals surface area contributed by atoms with Gasteiger partial charge in [-0.2, -0.15) is 0 Å². The normalized spacial score (nSPS) is 19.0. The number of nitrogens with zero attached hydrogens (tertiary/aromatic N) is 2. The summed E-state index contributed by atoms with van der Waals surface area (Å²) < 4.78 is 7.14. The van der Waals surface area contributed by atoms with Crippen molar-refractivity contribution >= 4 is 5.91 Å². The highest BCUT2D eigenvalue weighted by Crippen LogP contribution is 2.07. The van der Waals surface area contributed by atoms with Crippen molar-refractivity contribution in [3.63, 3.8) is 0 Å². The van der Waals surface area contributed by atoms with E-state index in [0.717, 1.165) is 19.6 Å². The highest BCUT2D eigenvalue weighted by Gasteiger charge is 2.21. The van der Waals surface area contributed by atoms with E-state index in [-0.39, 0.29) is 24.1 Å². The van der Waals surface area contributed by atoms with Gasteiger partial charge in [0.25, 0.3) is 5.56 Å². The molecular weight excluding hydrogens is 294 g/mol. The Bertz CT molecular complexity index is 583. The molecule has 1 aliphatic heterocycles. The lowest BCUT2D eigenvalue weighted by molar-refractivity contribution is -0.123. The van der Waals surface area contributed by atoms with Crippen molar-refractivity contribution in [2.45, 2.75) is 33.4 Å². The van der Waals surface area contributed by atoms with Gasteiger partial charge in [0.15, 0.2) is 0 Å². The third-order valence-corrected chi connectivity index (χ3v) is 3.90. The van der Waals surface area contributed by atoms with Gasteiger partial charge in [0, 0.05) is 37.9 Å². The van der Waals surface area contributed by atoms with Gasteiger partial charge < -0.3 is 14.6 Å². The van der Waals surface area contributed by atoms with Crippen LogP contribution in [0.3, 0.4) is 0 Å². The highest BCUT2D eigenvalue weighted by atomic mass is 16.5. The third-order valence-electron chi connectivity index (χ3n) is 3.90. The molecule has 128 valence electrons. The monoisotopic (exact) mass is 321 g/mol. The number of hydrogen-bond acceptors (Lipinski definition) is 4. The smallest absolute Gasteiger partial charge is 0.253 e. The van der Waals surface area contributed by atoms with E-state index in [4.69, 9.17) is 4.74 Å². The van der Waals surface area contributed by atoms with E-state index >= 15 is 0 Å².